The van der Waals surface area contributed by atoms with Gasteiger partial charge in [0, 0.05) is 18.8 Å². The van der Waals surface area contributed by atoms with Crippen molar-refractivity contribution >= 4 is 24.6 Å². The van der Waals surface area contributed by atoms with Gasteiger partial charge in [-0.15, -0.1) is 0 Å². The molecule has 0 bridgehead atoms. The minimum absolute atomic E-state index is 0.0155. The second-order valence-electron chi connectivity index (χ2n) is 6.74. The maximum absolute atomic E-state index is 12.8. The molecule has 2 rings (SSSR count). The Balaban J connectivity index is 2.27. The maximum Gasteiger partial charge on any atom is 0.475 e. The Morgan fingerprint density at radius 3 is 2.46 bits per heavy atom. The van der Waals surface area contributed by atoms with Crippen molar-refractivity contribution in [1.82, 2.24) is 15.3 Å². The van der Waals surface area contributed by atoms with E-state index in [2.05, 4.69) is 20.3 Å². The molecule has 0 radical (unpaired) electrons. The smallest absolute Gasteiger partial charge is 0.426 e. The molecule has 1 heterocycles. The molecule has 9 heteroatoms. The van der Waals surface area contributed by atoms with Crippen LogP contribution in [-0.2, 0) is 11.2 Å². The first-order chi connectivity index (χ1) is 13.4. The van der Waals surface area contributed by atoms with E-state index in [0.717, 1.165) is 5.56 Å². The molecule has 0 aliphatic carbocycles. The number of carbonyl (C=O) groups excluding carboxylic acids is 2. The fourth-order valence-electron chi connectivity index (χ4n) is 2.56. The van der Waals surface area contributed by atoms with E-state index in [-0.39, 0.29) is 23.7 Å². The lowest BCUT2D eigenvalue weighted by atomic mass is 9.75. The summed E-state index contributed by atoms with van der Waals surface area (Å²) >= 11 is 0. The number of amides is 2. The number of nitrogens with zero attached hydrogens (tertiary/aromatic N) is 3. The predicted octanol–water partition coefficient (Wildman–Crippen LogP) is 0.843. The van der Waals surface area contributed by atoms with Crippen molar-refractivity contribution in [1.29, 1.82) is 0 Å². The van der Waals surface area contributed by atoms with E-state index in [0.29, 0.717) is 6.42 Å². The van der Waals surface area contributed by atoms with Crippen molar-refractivity contribution in [2.24, 2.45) is 10.9 Å². The molecule has 0 aliphatic heterocycles. The molecule has 0 unspecified atom stereocenters. The van der Waals surface area contributed by atoms with E-state index in [1.165, 1.54) is 18.6 Å². The predicted molar refractivity (Wildman–Crippen MR) is 106 cm³/mol. The number of hydrogen-bond acceptors (Lipinski definition) is 6. The van der Waals surface area contributed by atoms with Crippen LogP contribution in [0.4, 0.5) is 0 Å². The second kappa shape index (κ2) is 10.4. The van der Waals surface area contributed by atoms with Crippen LogP contribution in [0.5, 0.6) is 0 Å². The third-order valence-electron chi connectivity index (χ3n) is 3.90. The number of nitrogens with one attached hydrogen (secondary N) is 1. The highest BCUT2D eigenvalue weighted by Crippen LogP contribution is 2.08. The zero-order valence-corrected chi connectivity index (χ0v) is 15.8. The lowest BCUT2D eigenvalue weighted by molar-refractivity contribution is -0.115. The molecule has 0 spiro atoms. The van der Waals surface area contributed by atoms with E-state index in [1.54, 1.807) is 0 Å². The number of aromatic nitrogens is 2. The minimum atomic E-state index is -1.72. The summed E-state index contributed by atoms with van der Waals surface area (Å²) in [6.07, 6.45) is 4.52. The van der Waals surface area contributed by atoms with Crippen molar-refractivity contribution in [3.8, 4) is 0 Å². The first kappa shape index (κ1) is 21.4. The molecule has 2 amide bonds. The zero-order chi connectivity index (χ0) is 20.5. The van der Waals surface area contributed by atoms with Gasteiger partial charge in [0.05, 0.1) is 12.1 Å². The topological polar surface area (TPSA) is 125 Å². The van der Waals surface area contributed by atoms with Gasteiger partial charge in [-0.25, -0.2) is 9.98 Å². The normalized spacial score (nSPS) is 12.5. The fraction of sp³-hybridized carbons (Fsp3) is 0.316. The molecule has 1 aromatic heterocycles. The van der Waals surface area contributed by atoms with Crippen LogP contribution in [0.3, 0.4) is 0 Å². The summed E-state index contributed by atoms with van der Waals surface area (Å²) in [6, 6.07) is 9.08. The molecule has 1 aromatic carbocycles. The van der Waals surface area contributed by atoms with Crippen LogP contribution < -0.4 is 5.32 Å². The number of benzene rings is 1. The summed E-state index contributed by atoms with van der Waals surface area (Å²) in [5, 5.41) is 21.7. The van der Waals surface area contributed by atoms with Crippen LogP contribution in [-0.4, -0.2) is 50.6 Å². The summed E-state index contributed by atoms with van der Waals surface area (Å²) in [5.41, 5.74) is 0.756. The summed E-state index contributed by atoms with van der Waals surface area (Å²) in [6.45, 7) is 3.80. The molecule has 3 N–H and O–H groups in total. The van der Waals surface area contributed by atoms with E-state index in [1.807, 2.05) is 44.2 Å². The number of carbonyl (C=O) groups is 2. The van der Waals surface area contributed by atoms with Crippen LogP contribution in [0.15, 0.2) is 53.9 Å². The van der Waals surface area contributed by atoms with Gasteiger partial charge in [-0.2, -0.15) is 0 Å². The summed E-state index contributed by atoms with van der Waals surface area (Å²) in [5.74, 6) is -2.08. The zero-order valence-electron chi connectivity index (χ0n) is 15.8. The van der Waals surface area contributed by atoms with Gasteiger partial charge in [-0.3, -0.25) is 14.6 Å². The lowest BCUT2D eigenvalue weighted by Gasteiger charge is -2.20. The van der Waals surface area contributed by atoms with Gasteiger partial charge in [0.1, 0.15) is 11.4 Å². The van der Waals surface area contributed by atoms with Crippen molar-refractivity contribution in [2.45, 2.75) is 32.6 Å². The first-order valence-corrected chi connectivity index (χ1v) is 8.95. The van der Waals surface area contributed by atoms with Gasteiger partial charge < -0.3 is 15.4 Å². The molecule has 0 saturated heterocycles. The highest BCUT2D eigenvalue weighted by molar-refractivity contribution is 6.46. The van der Waals surface area contributed by atoms with Gasteiger partial charge in [0.15, 0.2) is 0 Å². The Labute approximate surface area is 163 Å². The average Bonchev–Trinajstić information content (AvgIpc) is 2.68. The molecule has 0 aliphatic rings. The van der Waals surface area contributed by atoms with Crippen LogP contribution in [0.25, 0.3) is 0 Å². The quantitative estimate of drug-likeness (QED) is 0.459. The Kier molecular flexibility index (Phi) is 7.97. The van der Waals surface area contributed by atoms with E-state index in [9.17, 15) is 19.6 Å². The third-order valence-corrected chi connectivity index (χ3v) is 3.90. The molecule has 0 fully saturated rings. The molecule has 8 nitrogen and oxygen atoms in total. The van der Waals surface area contributed by atoms with Gasteiger partial charge in [-0.1, -0.05) is 44.2 Å². The van der Waals surface area contributed by atoms with Crippen molar-refractivity contribution in [2.75, 3.05) is 0 Å². The maximum atomic E-state index is 12.8. The molecule has 1 atom stereocenters. The number of aliphatic imine (C=N–C) groups is 1. The Morgan fingerprint density at radius 2 is 1.89 bits per heavy atom. The SMILES string of the molecule is CC(C)C[C@H](NC(=O)C(Cc1ccccc1)=NC(=O)c1cnccn1)B(O)O. The van der Waals surface area contributed by atoms with Crippen LogP contribution in [0.1, 0.15) is 36.3 Å². The summed E-state index contributed by atoms with van der Waals surface area (Å²) in [7, 11) is -1.72. The van der Waals surface area contributed by atoms with Crippen molar-refractivity contribution in [3.63, 3.8) is 0 Å². The highest BCUT2D eigenvalue weighted by Gasteiger charge is 2.28. The van der Waals surface area contributed by atoms with Crippen molar-refractivity contribution in [3.05, 3.63) is 60.2 Å². The summed E-state index contributed by atoms with van der Waals surface area (Å²) < 4.78 is 0. The van der Waals surface area contributed by atoms with Gasteiger partial charge in [-0.05, 0) is 17.9 Å². The number of hydrogen-bond donors (Lipinski definition) is 3. The Hall–Kier alpha value is -2.91. The molecule has 0 saturated carbocycles. The van der Waals surface area contributed by atoms with E-state index >= 15 is 0 Å². The molecule has 2 aromatic rings. The van der Waals surface area contributed by atoms with Gasteiger partial charge in [0.25, 0.3) is 11.8 Å². The van der Waals surface area contributed by atoms with Crippen LogP contribution in [0.2, 0.25) is 0 Å². The number of rotatable bonds is 8. The van der Waals surface area contributed by atoms with Gasteiger partial charge in [0.2, 0.25) is 0 Å². The monoisotopic (exact) mass is 382 g/mol. The van der Waals surface area contributed by atoms with E-state index in [4.69, 9.17) is 0 Å². The fourth-order valence-corrected chi connectivity index (χ4v) is 2.56. The van der Waals surface area contributed by atoms with Gasteiger partial charge >= 0.3 is 7.12 Å². The molecular formula is C19H23BN4O4. The largest absolute Gasteiger partial charge is 0.475 e. The van der Waals surface area contributed by atoms with Crippen LogP contribution in [0, 0.1) is 5.92 Å². The highest BCUT2D eigenvalue weighted by atomic mass is 16.4. The first-order valence-electron chi connectivity index (χ1n) is 8.95. The minimum Gasteiger partial charge on any atom is -0.426 e. The average molecular weight is 382 g/mol. The third kappa shape index (κ3) is 6.68. The van der Waals surface area contributed by atoms with Crippen molar-refractivity contribution < 1.29 is 19.6 Å². The summed E-state index contributed by atoms with van der Waals surface area (Å²) in [4.78, 5) is 36.8. The Bertz CT molecular complexity index is 813. The second-order valence-corrected chi connectivity index (χ2v) is 6.74. The lowest BCUT2D eigenvalue weighted by Crippen LogP contribution is -2.49. The van der Waals surface area contributed by atoms with E-state index < -0.39 is 24.9 Å². The molecule has 28 heavy (non-hydrogen) atoms. The standard InChI is InChI=1S/C19H23BN4O4/c1-13(2)10-17(20(27)28)24-18(25)15(11-14-6-4-3-5-7-14)23-19(26)16-12-21-8-9-22-16/h3-9,12-13,17,27-28H,10-11H2,1-2H3,(H,24,25)/t17-/m0/s1. The Morgan fingerprint density at radius 1 is 1.18 bits per heavy atom. The molecule has 146 valence electrons. The van der Waals surface area contributed by atoms with Crippen LogP contribution >= 0.6 is 0 Å². The molecular weight excluding hydrogens is 359 g/mol.